The van der Waals surface area contributed by atoms with E-state index in [0.29, 0.717) is 12.0 Å². The molecule has 1 aromatic rings. The summed E-state index contributed by atoms with van der Waals surface area (Å²) in [6.07, 6.45) is 2.51. The summed E-state index contributed by atoms with van der Waals surface area (Å²) in [5, 5.41) is 6.27. The van der Waals surface area contributed by atoms with E-state index >= 15 is 0 Å². The third-order valence-corrected chi connectivity index (χ3v) is 4.06. The van der Waals surface area contributed by atoms with Gasteiger partial charge in [0.2, 0.25) is 0 Å². The van der Waals surface area contributed by atoms with Crippen molar-refractivity contribution < 1.29 is 4.79 Å². The molecule has 1 saturated carbocycles. The van der Waals surface area contributed by atoms with Crippen molar-refractivity contribution in [2.45, 2.75) is 32.7 Å². The zero-order chi connectivity index (χ0) is 12.7. The Bertz CT molecular complexity index is 475. The molecule has 2 aliphatic rings. The number of amides is 1. The summed E-state index contributed by atoms with van der Waals surface area (Å²) >= 11 is 0. The van der Waals surface area contributed by atoms with Gasteiger partial charge in [-0.1, -0.05) is 0 Å². The van der Waals surface area contributed by atoms with E-state index < -0.39 is 0 Å². The van der Waals surface area contributed by atoms with Gasteiger partial charge in [0.05, 0.1) is 5.56 Å². The second kappa shape index (κ2) is 5.55. The molecule has 1 amide bonds. The van der Waals surface area contributed by atoms with E-state index in [1.165, 1.54) is 18.5 Å². The molecule has 0 unspecified atom stereocenters. The Morgan fingerprint density at radius 1 is 1.42 bits per heavy atom. The molecule has 19 heavy (non-hydrogen) atoms. The van der Waals surface area contributed by atoms with Crippen molar-refractivity contribution >= 4 is 18.3 Å². The van der Waals surface area contributed by atoms with Gasteiger partial charge in [0.15, 0.2) is 0 Å². The standard InChI is InChI=1S/C14H21N3O.ClH/c1-9-5-13(10(2)17(9)12-3-4-12)14(18)16-8-11-6-15-7-11;/h5,11-12,15H,3-4,6-8H2,1-2H3,(H,16,18);1H. The van der Waals surface area contributed by atoms with Crippen LogP contribution in [0.5, 0.6) is 0 Å². The first-order valence-electron chi connectivity index (χ1n) is 6.84. The molecule has 0 radical (unpaired) electrons. The maximum absolute atomic E-state index is 12.2. The van der Waals surface area contributed by atoms with Crippen LogP contribution in [0.4, 0.5) is 0 Å². The molecular weight excluding hydrogens is 262 g/mol. The van der Waals surface area contributed by atoms with Crippen molar-refractivity contribution in [3.63, 3.8) is 0 Å². The van der Waals surface area contributed by atoms with Gasteiger partial charge in [-0.05, 0) is 32.8 Å². The minimum atomic E-state index is 0. The topological polar surface area (TPSA) is 46.1 Å². The fraction of sp³-hybridized carbons (Fsp3) is 0.643. The summed E-state index contributed by atoms with van der Waals surface area (Å²) in [4.78, 5) is 12.2. The lowest BCUT2D eigenvalue weighted by atomic mass is 10.0. The molecule has 2 fully saturated rings. The maximum Gasteiger partial charge on any atom is 0.253 e. The molecule has 1 aromatic heterocycles. The highest BCUT2D eigenvalue weighted by Gasteiger charge is 2.28. The fourth-order valence-electron chi connectivity index (χ4n) is 2.73. The van der Waals surface area contributed by atoms with Crippen LogP contribution in [0.25, 0.3) is 0 Å². The maximum atomic E-state index is 12.2. The van der Waals surface area contributed by atoms with Crippen LogP contribution in [-0.2, 0) is 0 Å². The summed E-state index contributed by atoms with van der Waals surface area (Å²) in [5.41, 5.74) is 3.19. The average Bonchev–Trinajstić information content (AvgIpc) is 3.04. The molecule has 1 aliphatic carbocycles. The van der Waals surface area contributed by atoms with Gasteiger partial charge in [-0.3, -0.25) is 4.79 Å². The molecule has 0 spiro atoms. The summed E-state index contributed by atoms with van der Waals surface area (Å²) in [7, 11) is 0. The van der Waals surface area contributed by atoms with Crippen molar-refractivity contribution in [3.8, 4) is 0 Å². The fourth-order valence-corrected chi connectivity index (χ4v) is 2.73. The first kappa shape index (κ1) is 14.4. The lowest BCUT2D eigenvalue weighted by Gasteiger charge is -2.27. The van der Waals surface area contributed by atoms with Crippen LogP contribution in [0.15, 0.2) is 6.07 Å². The number of rotatable bonds is 4. The van der Waals surface area contributed by atoms with Crippen molar-refractivity contribution in [2.75, 3.05) is 19.6 Å². The Hall–Kier alpha value is -1.000. The van der Waals surface area contributed by atoms with Crippen molar-refractivity contribution in [2.24, 2.45) is 5.92 Å². The number of aromatic nitrogens is 1. The molecule has 106 valence electrons. The third kappa shape index (κ3) is 2.79. The quantitative estimate of drug-likeness (QED) is 0.885. The van der Waals surface area contributed by atoms with Gasteiger partial charge >= 0.3 is 0 Å². The van der Waals surface area contributed by atoms with E-state index in [9.17, 15) is 4.79 Å². The Kier molecular flexibility index (Phi) is 4.21. The van der Waals surface area contributed by atoms with Crippen LogP contribution in [0.1, 0.15) is 40.6 Å². The van der Waals surface area contributed by atoms with E-state index in [1.807, 2.05) is 6.07 Å². The summed E-state index contributed by atoms with van der Waals surface area (Å²) in [6, 6.07) is 2.67. The van der Waals surface area contributed by atoms with Gasteiger partial charge in [0, 0.05) is 43.0 Å². The van der Waals surface area contributed by atoms with Gasteiger partial charge in [-0.15, -0.1) is 12.4 Å². The SMILES string of the molecule is Cc1cc(C(=O)NCC2CNC2)c(C)n1C1CC1.Cl. The third-order valence-electron chi connectivity index (χ3n) is 4.06. The highest BCUT2D eigenvalue weighted by molar-refractivity contribution is 5.95. The van der Waals surface area contributed by atoms with Crippen LogP contribution in [-0.4, -0.2) is 30.1 Å². The molecule has 2 heterocycles. The van der Waals surface area contributed by atoms with Gasteiger partial charge in [-0.2, -0.15) is 0 Å². The van der Waals surface area contributed by atoms with E-state index in [0.717, 1.165) is 30.9 Å². The first-order chi connectivity index (χ1) is 8.66. The van der Waals surface area contributed by atoms with Crippen LogP contribution in [0.3, 0.4) is 0 Å². The highest BCUT2D eigenvalue weighted by Crippen LogP contribution is 2.38. The van der Waals surface area contributed by atoms with Crippen molar-refractivity contribution in [1.82, 2.24) is 15.2 Å². The Balaban J connectivity index is 0.00000133. The average molecular weight is 284 g/mol. The molecule has 4 nitrogen and oxygen atoms in total. The zero-order valence-electron chi connectivity index (χ0n) is 11.5. The zero-order valence-corrected chi connectivity index (χ0v) is 12.3. The number of aryl methyl sites for hydroxylation is 1. The lowest BCUT2D eigenvalue weighted by molar-refractivity contribution is 0.0941. The lowest BCUT2D eigenvalue weighted by Crippen LogP contribution is -2.48. The van der Waals surface area contributed by atoms with Crippen molar-refractivity contribution in [1.29, 1.82) is 0 Å². The number of halogens is 1. The molecule has 0 aromatic carbocycles. The van der Waals surface area contributed by atoms with Gasteiger partial charge in [-0.25, -0.2) is 0 Å². The predicted molar refractivity (Wildman–Crippen MR) is 78.1 cm³/mol. The smallest absolute Gasteiger partial charge is 0.253 e. The minimum Gasteiger partial charge on any atom is -0.352 e. The van der Waals surface area contributed by atoms with E-state index in [-0.39, 0.29) is 18.3 Å². The number of hydrogen-bond acceptors (Lipinski definition) is 2. The Morgan fingerprint density at radius 2 is 2.11 bits per heavy atom. The molecule has 1 aliphatic heterocycles. The van der Waals surface area contributed by atoms with Gasteiger partial charge < -0.3 is 15.2 Å². The summed E-state index contributed by atoms with van der Waals surface area (Å²) in [6.45, 7) is 7.00. The van der Waals surface area contributed by atoms with E-state index in [2.05, 4.69) is 29.0 Å². The Morgan fingerprint density at radius 3 is 2.63 bits per heavy atom. The van der Waals surface area contributed by atoms with Crippen molar-refractivity contribution in [3.05, 3.63) is 23.0 Å². The largest absolute Gasteiger partial charge is 0.352 e. The minimum absolute atomic E-state index is 0. The number of nitrogens with zero attached hydrogens (tertiary/aromatic N) is 1. The number of nitrogens with one attached hydrogen (secondary N) is 2. The van der Waals surface area contributed by atoms with Gasteiger partial charge in [0.25, 0.3) is 5.91 Å². The molecule has 5 heteroatoms. The normalized spacial score (nSPS) is 18.6. The number of carbonyl (C=O) groups is 1. The molecule has 3 rings (SSSR count). The number of hydrogen-bond donors (Lipinski definition) is 2. The highest BCUT2D eigenvalue weighted by atomic mass is 35.5. The monoisotopic (exact) mass is 283 g/mol. The van der Waals surface area contributed by atoms with Crippen LogP contribution in [0.2, 0.25) is 0 Å². The summed E-state index contributed by atoms with van der Waals surface area (Å²) in [5.74, 6) is 0.697. The predicted octanol–water partition coefficient (Wildman–Crippen LogP) is 1.81. The van der Waals surface area contributed by atoms with Crippen LogP contribution >= 0.6 is 12.4 Å². The van der Waals surface area contributed by atoms with E-state index in [1.54, 1.807) is 0 Å². The molecule has 2 N–H and O–H groups in total. The second-order valence-corrected chi connectivity index (χ2v) is 5.62. The van der Waals surface area contributed by atoms with Crippen LogP contribution in [0, 0.1) is 19.8 Å². The molecule has 0 atom stereocenters. The number of carbonyl (C=O) groups excluding carboxylic acids is 1. The second-order valence-electron chi connectivity index (χ2n) is 5.62. The van der Waals surface area contributed by atoms with Gasteiger partial charge in [0.1, 0.15) is 0 Å². The molecule has 0 bridgehead atoms. The van der Waals surface area contributed by atoms with E-state index in [4.69, 9.17) is 0 Å². The summed E-state index contributed by atoms with van der Waals surface area (Å²) < 4.78 is 2.32. The molecule has 1 saturated heterocycles. The Labute approximate surface area is 120 Å². The molecular formula is C14H22ClN3O. The first-order valence-corrected chi connectivity index (χ1v) is 6.84. The van der Waals surface area contributed by atoms with Crippen LogP contribution < -0.4 is 10.6 Å².